The number of benzene rings is 1. The van der Waals surface area contributed by atoms with Crippen LogP contribution in [0.25, 0.3) is 16.5 Å². The summed E-state index contributed by atoms with van der Waals surface area (Å²) in [5.74, 6) is 0. The topological polar surface area (TPSA) is 39.3 Å². The van der Waals surface area contributed by atoms with Gasteiger partial charge in [-0.05, 0) is 31.2 Å². The van der Waals surface area contributed by atoms with Crippen molar-refractivity contribution in [3.63, 3.8) is 0 Å². The second-order valence-electron chi connectivity index (χ2n) is 4.99. The van der Waals surface area contributed by atoms with E-state index in [0.717, 1.165) is 40.0 Å². The van der Waals surface area contributed by atoms with Crippen molar-refractivity contribution in [3.8, 4) is 0 Å². The first-order valence-corrected chi connectivity index (χ1v) is 6.87. The first-order chi connectivity index (χ1) is 9.22. The molecule has 0 radical (unpaired) electrons. The van der Waals surface area contributed by atoms with Crippen LogP contribution in [0.1, 0.15) is 12.0 Å². The number of fused-ring (bicyclic) bond motifs is 1. The van der Waals surface area contributed by atoms with Crippen molar-refractivity contribution in [2.45, 2.75) is 12.5 Å². The van der Waals surface area contributed by atoms with Crippen LogP contribution in [0.2, 0.25) is 5.02 Å². The van der Waals surface area contributed by atoms with Crippen molar-refractivity contribution < 1.29 is 5.11 Å². The predicted molar refractivity (Wildman–Crippen MR) is 79.4 cm³/mol. The summed E-state index contributed by atoms with van der Waals surface area (Å²) in [5.41, 5.74) is 3.19. The number of halogens is 1. The molecule has 1 aliphatic heterocycles. The fraction of sp³-hybridized carbons (Fsp3) is 0.333. The third kappa shape index (κ3) is 2.08. The fourth-order valence-electron chi connectivity index (χ4n) is 2.84. The van der Waals surface area contributed by atoms with Gasteiger partial charge in [0.25, 0.3) is 0 Å². The lowest BCUT2D eigenvalue weighted by Crippen LogP contribution is -2.38. The summed E-state index contributed by atoms with van der Waals surface area (Å²) in [5, 5.41) is 11.5. The van der Waals surface area contributed by atoms with Gasteiger partial charge in [0.2, 0.25) is 0 Å². The molecule has 1 aliphatic rings. The van der Waals surface area contributed by atoms with E-state index in [4.69, 9.17) is 11.6 Å². The highest BCUT2D eigenvalue weighted by molar-refractivity contribution is 6.33. The molecule has 3 rings (SSSR count). The zero-order valence-electron chi connectivity index (χ0n) is 10.9. The Balaban J connectivity index is 2.20. The van der Waals surface area contributed by atoms with E-state index in [9.17, 15) is 5.11 Å². The number of aliphatic hydroxyl groups is 1. The van der Waals surface area contributed by atoms with Gasteiger partial charge in [-0.25, -0.2) is 0 Å². The first-order valence-electron chi connectivity index (χ1n) is 6.49. The van der Waals surface area contributed by atoms with Crippen molar-refractivity contribution in [1.82, 2.24) is 9.88 Å². The average Bonchev–Trinajstić information content (AvgIpc) is 2.86. The van der Waals surface area contributed by atoms with E-state index in [1.165, 1.54) is 0 Å². The molecule has 100 valence electrons. The Hall–Kier alpha value is -1.29. The second kappa shape index (κ2) is 5.00. The lowest BCUT2D eigenvalue weighted by Gasteiger charge is -2.33. The van der Waals surface area contributed by atoms with Gasteiger partial charge >= 0.3 is 0 Å². The highest BCUT2D eigenvalue weighted by Gasteiger charge is 2.25. The summed E-state index contributed by atoms with van der Waals surface area (Å²) in [7, 11) is 2.04. The standard InChI is InChI=1S/C15H17ClN2O/c1-18-8-2-3-11(13(18)9-19)14-12(16)5-4-10-6-7-17-15(10)14/h3-7,13,17,19H,2,8-9H2,1H3. The summed E-state index contributed by atoms with van der Waals surface area (Å²) >= 11 is 6.40. The largest absolute Gasteiger partial charge is 0.394 e. The van der Waals surface area contributed by atoms with Gasteiger partial charge in [-0.15, -0.1) is 0 Å². The summed E-state index contributed by atoms with van der Waals surface area (Å²) in [6, 6.07) is 5.99. The number of likely N-dealkylation sites (N-methyl/N-ethyl adjacent to an activating group) is 1. The molecule has 0 aliphatic carbocycles. The van der Waals surface area contributed by atoms with Crippen LogP contribution >= 0.6 is 11.6 Å². The van der Waals surface area contributed by atoms with E-state index in [0.29, 0.717) is 0 Å². The van der Waals surface area contributed by atoms with Crippen molar-refractivity contribution >= 4 is 28.1 Å². The Morgan fingerprint density at radius 2 is 2.26 bits per heavy atom. The van der Waals surface area contributed by atoms with E-state index in [2.05, 4.69) is 16.0 Å². The fourth-order valence-corrected chi connectivity index (χ4v) is 3.11. The number of aromatic nitrogens is 1. The monoisotopic (exact) mass is 276 g/mol. The van der Waals surface area contributed by atoms with Gasteiger partial charge in [0.1, 0.15) is 0 Å². The third-order valence-corrected chi connectivity index (χ3v) is 4.19. The van der Waals surface area contributed by atoms with Gasteiger partial charge in [-0.3, -0.25) is 4.90 Å². The Morgan fingerprint density at radius 3 is 3.05 bits per heavy atom. The molecule has 2 aromatic rings. The number of nitrogens with zero attached hydrogens (tertiary/aromatic N) is 1. The second-order valence-corrected chi connectivity index (χ2v) is 5.40. The first kappa shape index (κ1) is 12.7. The molecule has 1 unspecified atom stereocenters. The molecule has 3 nitrogen and oxygen atoms in total. The molecule has 0 bridgehead atoms. The van der Waals surface area contributed by atoms with Crippen LogP contribution < -0.4 is 0 Å². The van der Waals surface area contributed by atoms with Crippen LogP contribution in [0.4, 0.5) is 0 Å². The number of aliphatic hydroxyl groups excluding tert-OH is 1. The van der Waals surface area contributed by atoms with E-state index >= 15 is 0 Å². The molecule has 0 fully saturated rings. The van der Waals surface area contributed by atoms with E-state index < -0.39 is 0 Å². The molecule has 1 aromatic heterocycles. The molecule has 19 heavy (non-hydrogen) atoms. The average molecular weight is 277 g/mol. The smallest absolute Gasteiger partial charge is 0.0628 e. The number of rotatable bonds is 2. The van der Waals surface area contributed by atoms with E-state index in [-0.39, 0.29) is 12.6 Å². The van der Waals surface area contributed by atoms with Crippen LogP contribution in [-0.2, 0) is 0 Å². The van der Waals surface area contributed by atoms with Gasteiger partial charge in [-0.2, -0.15) is 0 Å². The van der Waals surface area contributed by atoms with Crippen LogP contribution in [0, 0.1) is 0 Å². The maximum absolute atomic E-state index is 9.67. The molecule has 2 N–H and O–H groups in total. The van der Waals surface area contributed by atoms with Crippen molar-refractivity contribution in [2.75, 3.05) is 20.2 Å². The Kier molecular flexibility index (Phi) is 3.35. The quantitative estimate of drug-likeness (QED) is 0.885. The SMILES string of the molecule is CN1CCC=C(c2c(Cl)ccc3cc[nH]c23)C1CO. The molecule has 0 saturated carbocycles. The lowest BCUT2D eigenvalue weighted by atomic mass is 9.92. The normalized spacial score (nSPS) is 20.8. The van der Waals surface area contributed by atoms with Crippen LogP contribution in [-0.4, -0.2) is 41.2 Å². The third-order valence-electron chi connectivity index (χ3n) is 3.88. The van der Waals surface area contributed by atoms with Crippen molar-refractivity contribution in [3.05, 3.63) is 41.1 Å². The Morgan fingerprint density at radius 1 is 1.42 bits per heavy atom. The van der Waals surface area contributed by atoms with Crippen molar-refractivity contribution in [2.24, 2.45) is 0 Å². The number of H-pyrrole nitrogens is 1. The number of aromatic amines is 1. The van der Waals surface area contributed by atoms with Gasteiger partial charge in [0.05, 0.1) is 23.2 Å². The molecule has 0 saturated heterocycles. The summed E-state index contributed by atoms with van der Waals surface area (Å²) in [6.07, 6.45) is 5.10. The number of nitrogens with one attached hydrogen (secondary N) is 1. The van der Waals surface area contributed by atoms with Gasteiger partial charge in [0.15, 0.2) is 0 Å². The maximum atomic E-state index is 9.67. The minimum atomic E-state index is 0.0140. The predicted octanol–water partition coefficient (Wildman–Crippen LogP) is 2.90. The number of hydrogen-bond acceptors (Lipinski definition) is 2. The van der Waals surface area contributed by atoms with Gasteiger partial charge in [-0.1, -0.05) is 23.7 Å². The van der Waals surface area contributed by atoms with E-state index in [1.54, 1.807) is 0 Å². The molecule has 1 atom stereocenters. The lowest BCUT2D eigenvalue weighted by molar-refractivity contribution is 0.179. The zero-order valence-corrected chi connectivity index (χ0v) is 11.6. The highest BCUT2D eigenvalue weighted by atomic mass is 35.5. The highest BCUT2D eigenvalue weighted by Crippen LogP contribution is 2.35. The van der Waals surface area contributed by atoms with Crippen molar-refractivity contribution in [1.29, 1.82) is 0 Å². The molecular formula is C15H17ClN2O. The molecular weight excluding hydrogens is 260 g/mol. The molecule has 1 aromatic carbocycles. The Labute approximate surface area is 117 Å². The summed E-state index contributed by atoms with van der Waals surface area (Å²) in [4.78, 5) is 5.43. The molecule has 0 spiro atoms. The van der Waals surface area contributed by atoms with Crippen LogP contribution in [0.3, 0.4) is 0 Å². The molecule has 4 heteroatoms. The molecule has 2 heterocycles. The van der Waals surface area contributed by atoms with Crippen LogP contribution in [0.5, 0.6) is 0 Å². The molecule has 0 amide bonds. The van der Waals surface area contributed by atoms with Crippen LogP contribution in [0.15, 0.2) is 30.5 Å². The Bertz CT molecular complexity index is 632. The summed E-state index contributed by atoms with van der Waals surface area (Å²) < 4.78 is 0. The maximum Gasteiger partial charge on any atom is 0.0628 e. The zero-order chi connectivity index (χ0) is 13.4. The minimum Gasteiger partial charge on any atom is -0.394 e. The van der Waals surface area contributed by atoms with Gasteiger partial charge in [0, 0.05) is 23.7 Å². The minimum absolute atomic E-state index is 0.0140. The van der Waals surface area contributed by atoms with Gasteiger partial charge < -0.3 is 10.1 Å². The summed E-state index contributed by atoms with van der Waals surface area (Å²) in [6.45, 7) is 1.07. The van der Waals surface area contributed by atoms with E-state index in [1.807, 2.05) is 31.4 Å². The number of hydrogen-bond donors (Lipinski definition) is 2.